The lowest BCUT2D eigenvalue weighted by Gasteiger charge is -2.23. The van der Waals surface area contributed by atoms with Crippen LogP contribution in [0.3, 0.4) is 0 Å². The van der Waals surface area contributed by atoms with Gasteiger partial charge in [-0.3, -0.25) is 4.79 Å². The van der Waals surface area contributed by atoms with E-state index >= 15 is 0 Å². The molecule has 1 aromatic rings. The van der Waals surface area contributed by atoms with Crippen LogP contribution >= 0.6 is 0 Å². The molecule has 1 atom stereocenters. The van der Waals surface area contributed by atoms with Crippen LogP contribution in [0.25, 0.3) is 0 Å². The number of anilines is 1. The van der Waals surface area contributed by atoms with E-state index in [0.29, 0.717) is 6.54 Å². The smallest absolute Gasteiger partial charge is 0.242 e. The van der Waals surface area contributed by atoms with Gasteiger partial charge in [0.25, 0.3) is 0 Å². The summed E-state index contributed by atoms with van der Waals surface area (Å²) in [7, 11) is 1.84. The van der Waals surface area contributed by atoms with E-state index in [-0.39, 0.29) is 5.91 Å². The van der Waals surface area contributed by atoms with Gasteiger partial charge in [0.05, 0.1) is 12.6 Å². The number of carbonyl (C=O) groups is 1. The van der Waals surface area contributed by atoms with Crippen LogP contribution in [0.5, 0.6) is 0 Å². The SMILES string of the molecule is CCN(CC)C(=O)CN(C)c1ccc([C@@H](C)O)cn1. The lowest BCUT2D eigenvalue weighted by atomic mass is 10.2. The number of likely N-dealkylation sites (N-methyl/N-ethyl adjacent to an activating group) is 2. The first-order valence-corrected chi connectivity index (χ1v) is 6.62. The van der Waals surface area contributed by atoms with Crippen molar-refractivity contribution in [2.24, 2.45) is 0 Å². The number of aliphatic hydroxyl groups is 1. The number of aliphatic hydroxyl groups excluding tert-OH is 1. The Morgan fingerprint density at radius 2 is 2.00 bits per heavy atom. The van der Waals surface area contributed by atoms with Gasteiger partial charge >= 0.3 is 0 Å². The van der Waals surface area contributed by atoms with Crippen molar-refractivity contribution in [3.05, 3.63) is 23.9 Å². The topological polar surface area (TPSA) is 56.7 Å². The Balaban J connectivity index is 2.67. The van der Waals surface area contributed by atoms with E-state index in [1.807, 2.05) is 37.9 Å². The monoisotopic (exact) mass is 265 g/mol. The Hall–Kier alpha value is -1.62. The molecule has 19 heavy (non-hydrogen) atoms. The summed E-state index contributed by atoms with van der Waals surface area (Å²) in [5.74, 6) is 0.818. The lowest BCUT2D eigenvalue weighted by Crippen LogP contribution is -2.39. The van der Waals surface area contributed by atoms with Gasteiger partial charge in [-0.25, -0.2) is 4.98 Å². The Bertz CT molecular complexity index is 400. The van der Waals surface area contributed by atoms with Crippen LogP contribution in [0.4, 0.5) is 5.82 Å². The van der Waals surface area contributed by atoms with Gasteiger partial charge in [-0.2, -0.15) is 0 Å². The highest BCUT2D eigenvalue weighted by molar-refractivity contribution is 5.81. The van der Waals surface area contributed by atoms with Crippen molar-refractivity contribution < 1.29 is 9.90 Å². The number of amides is 1. The summed E-state index contributed by atoms with van der Waals surface area (Å²) in [6.07, 6.45) is 1.11. The maximum absolute atomic E-state index is 12.0. The normalized spacial score (nSPS) is 12.1. The van der Waals surface area contributed by atoms with Gasteiger partial charge < -0.3 is 14.9 Å². The molecule has 1 amide bonds. The Morgan fingerprint density at radius 3 is 2.42 bits per heavy atom. The summed E-state index contributed by atoms with van der Waals surface area (Å²) in [6, 6.07) is 3.64. The number of hydrogen-bond acceptors (Lipinski definition) is 4. The molecule has 0 unspecified atom stereocenters. The lowest BCUT2D eigenvalue weighted by molar-refractivity contribution is -0.129. The minimum absolute atomic E-state index is 0.0916. The second-order valence-electron chi connectivity index (χ2n) is 4.55. The molecule has 0 radical (unpaired) electrons. The van der Waals surface area contributed by atoms with Gasteiger partial charge in [-0.15, -0.1) is 0 Å². The second kappa shape index (κ2) is 7.09. The van der Waals surface area contributed by atoms with E-state index in [1.54, 1.807) is 18.0 Å². The maximum atomic E-state index is 12.0. The van der Waals surface area contributed by atoms with Gasteiger partial charge in [0.1, 0.15) is 5.82 Å². The van der Waals surface area contributed by atoms with E-state index in [4.69, 9.17) is 0 Å². The standard InChI is InChI=1S/C14H23N3O2/c1-5-17(6-2)14(19)10-16(4)13-8-7-12(9-15-13)11(3)18/h7-9,11,18H,5-6,10H2,1-4H3/t11-/m1/s1. The zero-order valence-corrected chi connectivity index (χ0v) is 12.1. The minimum atomic E-state index is -0.524. The first kappa shape index (κ1) is 15.4. The molecule has 0 saturated carbocycles. The Morgan fingerprint density at radius 1 is 1.37 bits per heavy atom. The van der Waals surface area contributed by atoms with Gasteiger partial charge in [0, 0.05) is 26.3 Å². The van der Waals surface area contributed by atoms with Gasteiger partial charge in [0.2, 0.25) is 5.91 Å². The van der Waals surface area contributed by atoms with Crippen molar-refractivity contribution in [2.75, 3.05) is 31.6 Å². The van der Waals surface area contributed by atoms with Crippen molar-refractivity contribution >= 4 is 11.7 Å². The molecule has 106 valence electrons. The summed E-state index contributed by atoms with van der Waals surface area (Å²) in [4.78, 5) is 19.8. The van der Waals surface area contributed by atoms with Crippen LogP contribution < -0.4 is 4.90 Å². The predicted octanol–water partition coefficient (Wildman–Crippen LogP) is 1.44. The van der Waals surface area contributed by atoms with E-state index < -0.39 is 6.10 Å². The third kappa shape index (κ3) is 4.21. The molecule has 1 aromatic heterocycles. The number of hydrogen-bond donors (Lipinski definition) is 1. The zero-order chi connectivity index (χ0) is 14.4. The summed E-state index contributed by atoms with van der Waals surface area (Å²) < 4.78 is 0. The first-order valence-electron chi connectivity index (χ1n) is 6.62. The number of nitrogens with zero attached hydrogens (tertiary/aromatic N) is 3. The summed E-state index contributed by atoms with van der Waals surface area (Å²) >= 11 is 0. The fourth-order valence-corrected chi connectivity index (χ4v) is 1.83. The quantitative estimate of drug-likeness (QED) is 0.845. The van der Waals surface area contributed by atoms with Gasteiger partial charge in [0.15, 0.2) is 0 Å². The van der Waals surface area contributed by atoms with Crippen LogP contribution in [-0.2, 0) is 4.79 Å². The second-order valence-corrected chi connectivity index (χ2v) is 4.55. The molecule has 5 nitrogen and oxygen atoms in total. The van der Waals surface area contributed by atoms with Crippen molar-refractivity contribution in [1.29, 1.82) is 0 Å². The number of carbonyl (C=O) groups excluding carboxylic acids is 1. The van der Waals surface area contributed by atoms with Crippen LogP contribution in [0, 0.1) is 0 Å². The maximum Gasteiger partial charge on any atom is 0.242 e. The average Bonchev–Trinajstić information content (AvgIpc) is 2.40. The third-order valence-electron chi connectivity index (χ3n) is 3.13. The molecule has 1 heterocycles. The van der Waals surface area contributed by atoms with Crippen molar-refractivity contribution in [2.45, 2.75) is 26.9 Å². The fourth-order valence-electron chi connectivity index (χ4n) is 1.83. The molecule has 1 rings (SSSR count). The summed E-state index contributed by atoms with van der Waals surface area (Å²) in [5.41, 5.74) is 0.771. The van der Waals surface area contributed by atoms with E-state index in [0.717, 1.165) is 24.5 Å². The number of aromatic nitrogens is 1. The molecule has 0 aromatic carbocycles. The third-order valence-corrected chi connectivity index (χ3v) is 3.13. The zero-order valence-electron chi connectivity index (χ0n) is 12.1. The molecular weight excluding hydrogens is 242 g/mol. The van der Waals surface area contributed by atoms with Crippen LogP contribution in [-0.4, -0.2) is 47.6 Å². The number of pyridine rings is 1. The molecule has 0 bridgehead atoms. The molecule has 0 spiro atoms. The molecule has 1 N–H and O–H groups in total. The molecule has 0 aliphatic carbocycles. The number of rotatable bonds is 6. The van der Waals surface area contributed by atoms with E-state index in [9.17, 15) is 9.90 Å². The molecular formula is C14H23N3O2. The Kier molecular flexibility index (Phi) is 5.76. The molecule has 0 saturated heterocycles. The van der Waals surface area contributed by atoms with Crippen molar-refractivity contribution in [1.82, 2.24) is 9.88 Å². The van der Waals surface area contributed by atoms with Gasteiger partial charge in [-0.1, -0.05) is 6.07 Å². The molecule has 5 heteroatoms. The van der Waals surface area contributed by atoms with Crippen molar-refractivity contribution in [3.63, 3.8) is 0 Å². The Labute approximate surface area is 114 Å². The van der Waals surface area contributed by atoms with Crippen LogP contribution in [0.2, 0.25) is 0 Å². The van der Waals surface area contributed by atoms with Gasteiger partial charge in [-0.05, 0) is 32.4 Å². The highest BCUT2D eigenvalue weighted by Crippen LogP contribution is 2.14. The minimum Gasteiger partial charge on any atom is -0.389 e. The van der Waals surface area contributed by atoms with Crippen LogP contribution in [0.15, 0.2) is 18.3 Å². The van der Waals surface area contributed by atoms with E-state index in [2.05, 4.69) is 4.98 Å². The largest absolute Gasteiger partial charge is 0.389 e. The summed E-state index contributed by atoms with van der Waals surface area (Å²) in [5, 5.41) is 9.42. The highest BCUT2D eigenvalue weighted by Gasteiger charge is 2.13. The fraction of sp³-hybridized carbons (Fsp3) is 0.571. The predicted molar refractivity (Wildman–Crippen MR) is 76.1 cm³/mol. The molecule has 0 fully saturated rings. The van der Waals surface area contributed by atoms with E-state index in [1.165, 1.54) is 0 Å². The van der Waals surface area contributed by atoms with Crippen molar-refractivity contribution in [3.8, 4) is 0 Å². The molecule has 0 aliphatic heterocycles. The average molecular weight is 265 g/mol. The summed E-state index contributed by atoms with van der Waals surface area (Å²) in [6.45, 7) is 7.39. The van der Waals surface area contributed by atoms with Crippen LogP contribution in [0.1, 0.15) is 32.4 Å². The first-order chi connectivity index (χ1) is 8.99. The highest BCUT2D eigenvalue weighted by atomic mass is 16.3. The molecule has 0 aliphatic rings.